The molecule has 100 valence electrons. The van der Waals surface area contributed by atoms with Gasteiger partial charge in [0.25, 0.3) is 5.88 Å². The Bertz CT molecular complexity index is 758. The highest BCUT2D eigenvalue weighted by molar-refractivity contribution is 9.10. The van der Waals surface area contributed by atoms with Gasteiger partial charge in [-0.2, -0.15) is 0 Å². The molecule has 3 aromatic rings. The highest BCUT2D eigenvalue weighted by Gasteiger charge is 2.07. The minimum absolute atomic E-state index is 0.270. The van der Waals surface area contributed by atoms with Gasteiger partial charge < -0.3 is 10.5 Å². The van der Waals surface area contributed by atoms with Crippen LogP contribution in [-0.4, -0.2) is 15.0 Å². The Balaban J connectivity index is 1.89. The normalized spacial score (nSPS) is 10.7. The molecule has 3 rings (SSSR count). The molecule has 0 amide bonds. The van der Waals surface area contributed by atoms with Crippen molar-refractivity contribution in [3.05, 3.63) is 52.9 Å². The Kier molecular flexibility index (Phi) is 3.47. The lowest BCUT2D eigenvalue weighted by Crippen LogP contribution is -2.03. The van der Waals surface area contributed by atoms with Crippen molar-refractivity contribution in [2.24, 2.45) is 0 Å². The molecule has 2 heterocycles. The van der Waals surface area contributed by atoms with E-state index in [1.54, 1.807) is 6.20 Å². The number of halogens is 1. The lowest BCUT2D eigenvalue weighted by atomic mass is 10.1. The smallest absolute Gasteiger partial charge is 0.258 e. The van der Waals surface area contributed by atoms with Gasteiger partial charge in [0.15, 0.2) is 5.82 Å². The van der Waals surface area contributed by atoms with E-state index >= 15 is 0 Å². The quantitative estimate of drug-likeness (QED) is 0.799. The van der Waals surface area contributed by atoms with Crippen LogP contribution >= 0.6 is 15.9 Å². The highest BCUT2D eigenvalue weighted by Crippen LogP contribution is 2.21. The first kappa shape index (κ1) is 12.8. The van der Waals surface area contributed by atoms with Crippen molar-refractivity contribution in [2.75, 3.05) is 5.73 Å². The molecule has 0 saturated heterocycles. The van der Waals surface area contributed by atoms with Crippen LogP contribution in [0.25, 0.3) is 10.9 Å². The summed E-state index contributed by atoms with van der Waals surface area (Å²) >= 11 is 3.24. The van der Waals surface area contributed by atoms with Crippen LogP contribution in [0.15, 0.2) is 47.3 Å². The number of nitrogen functional groups attached to an aromatic ring is 1. The van der Waals surface area contributed by atoms with Crippen molar-refractivity contribution < 1.29 is 4.74 Å². The molecule has 0 aliphatic carbocycles. The summed E-state index contributed by atoms with van der Waals surface area (Å²) in [5.74, 6) is 0.590. The first-order valence-corrected chi connectivity index (χ1v) is 6.77. The van der Waals surface area contributed by atoms with Crippen molar-refractivity contribution in [2.45, 2.75) is 6.61 Å². The minimum atomic E-state index is 0.270. The lowest BCUT2D eigenvalue weighted by molar-refractivity contribution is 0.295. The molecule has 0 saturated carbocycles. The summed E-state index contributed by atoms with van der Waals surface area (Å²) in [6, 6.07) is 9.82. The average Bonchev–Trinajstić information content (AvgIpc) is 2.48. The van der Waals surface area contributed by atoms with Crippen LogP contribution in [0.3, 0.4) is 0 Å². The molecule has 1 aromatic carbocycles. The van der Waals surface area contributed by atoms with Crippen LogP contribution in [0.4, 0.5) is 5.82 Å². The van der Waals surface area contributed by atoms with Gasteiger partial charge in [-0.15, -0.1) is 0 Å². The molecule has 0 atom stereocenters. The number of hydrogen-bond donors (Lipinski definition) is 1. The third-order valence-electron chi connectivity index (χ3n) is 2.84. The van der Waals surface area contributed by atoms with Crippen molar-refractivity contribution in [3.63, 3.8) is 0 Å². The summed E-state index contributed by atoms with van der Waals surface area (Å²) in [7, 11) is 0. The van der Waals surface area contributed by atoms with Crippen LogP contribution in [0.5, 0.6) is 5.88 Å². The van der Waals surface area contributed by atoms with E-state index in [-0.39, 0.29) is 5.82 Å². The van der Waals surface area contributed by atoms with E-state index in [0.29, 0.717) is 17.1 Å². The number of anilines is 1. The Morgan fingerprint density at radius 2 is 2.00 bits per heavy atom. The van der Waals surface area contributed by atoms with Gasteiger partial charge in [0, 0.05) is 17.1 Å². The molecule has 0 aliphatic rings. The molecule has 0 unspecified atom stereocenters. The van der Waals surface area contributed by atoms with Crippen LogP contribution in [0.1, 0.15) is 5.56 Å². The number of aromatic nitrogens is 3. The fourth-order valence-electron chi connectivity index (χ4n) is 1.89. The minimum Gasteiger partial charge on any atom is -0.470 e. The van der Waals surface area contributed by atoms with E-state index < -0.39 is 0 Å². The van der Waals surface area contributed by atoms with Crippen molar-refractivity contribution in [3.8, 4) is 5.88 Å². The molecule has 2 aromatic heterocycles. The fraction of sp³-hybridized carbons (Fsp3) is 0.0714. The van der Waals surface area contributed by atoms with E-state index in [1.165, 1.54) is 6.20 Å². The van der Waals surface area contributed by atoms with Gasteiger partial charge in [0.05, 0.1) is 11.7 Å². The summed E-state index contributed by atoms with van der Waals surface area (Å²) in [5.41, 5.74) is 7.69. The number of fused-ring (bicyclic) bond motifs is 1. The van der Waals surface area contributed by atoms with Crippen LogP contribution in [0, 0.1) is 0 Å². The zero-order valence-corrected chi connectivity index (χ0v) is 12.0. The molecule has 20 heavy (non-hydrogen) atoms. The molecule has 2 N–H and O–H groups in total. The zero-order valence-electron chi connectivity index (χ0n) is 10.5. The molecule has 0 fully saturated rings. The Morgan fingerprint density at radius 3 is 2.90 bits per heavy atom. The van der Waals surface area contributed by atoms with Gasteiger partial charge in [0.1, 0.15) is 11.2 Å². The second-order valence-corrected chi connectivity index (χ2v) is 4.97. The standard InChI is InChI=1S/C14H11BrN4O/c15-12-7-18-13(16)14(19-12)20-8-9-5-6-17-11-4-2-1-3-10(9)11/h1-7H,8H2,(H2,16,18). The topological polar surface area (TPSA) is 73.9 Å². The maximum absolute atomic E-state index is 5.73. The summed E-state index contributed by atoms with van der Waals surface area (Å²) in [5, 5.41) is 1.05. The zero-order chi connectivity index (χ0) is 13.9. The predicted octanol–water partition coefficient (Wildman–Crippen LogP) is 2.95. The van der Waals surface area contributed by atoms with Gasteiger partial charge >= 0.3 is 0 Å². The van der Waals surface area contributed by atoms with Gasteiger partial charge in [0.2, 0.25) is 0 Å². The number of benzene rings is 1. The van der Waals surface area contributed by atoms with Crippen LogP contribution in [-0.2, 0) is 6.61 Å². The first-order chi connectivity index (χ1) is 9.74. The van der Waals surface area contributed by atoms with Gasteiger partial charge in [-0.25, -0.2) is 9.97 Å². The lowest BCUT2D eigenvalue weighted by Gasteiger charge is -2.09. The molecular weight excluding hydrogens is 320 g/mol. The number of nitrogens with two attached hydrogens (primary N) is 1. The van der Waals surface area contributed by atoms with E-state index in [9.17, 15) is 0 Å². The highest BCUT2D eigenvalue weighted by atomic mass is 79.9. The number of ether oxygens (including phenoxy) is 1. The molecule has 0 bridgehead atoms. The van der Waals surface area contributed by atoms with E-state index in [4.69, 9.17) is 10.5 Å². The second kappa shape index (κ2) is 5.42. The first-order valence-electron chi connectivity index (χ1n) is 5.97. The fourth-order valence-corrected chi connectivity index (χ4v) is 2.16. The third-order valence-corrected chi connectivity index (χ3v) is 3.22. The van der Waals surface area contributed by atoms with Crippen molar-refractivity contribution >= 4 is 32.7 Å². The van der Waals surface area contributed by atoms with Gasteiger partial charge in [-0.1, -0.05) is 18.2 Å². The maximum atomic E-state index is 5.73. The Labute approximate surface area is 124 Å². The number of para-hydroxylation sites is 1. The molecule has 0 spiro atoms. The van der Waals surface area contributed by atoms with E-state index in [0.717, 1.165) is 16.5 Å². The molecule has 0 aliphatic heterocycles. The number of nitrogens with zero attached hydrogens (tertiary/aromatic N) is 3. The summed E-state index contributed by atoms with van der Waals surface area (Å²) in [6.45, 7) is 0.359. The molecule has 5 nitrogen and oxygen atoms in total. The Morgan fingerprint density at radius 1 is 1.15 bits per heavy atom. The van der Waals surface area contributed by atoms with Crippen LogP contribution < -0.4 is 10.5 Å². The van der Waals surface area contributed by atoms with Crippen molar-refractivity contribution in [1.29, 1.82) is 0 Å². The predicted molar refractivity (Wildman–Crippen MR) is 80.2 cm³/mol. The molecule has 0 radical (unpaired) electrons. The van der Waals surface area contributed by atoms with E-state index in [2.05, 4.69) is 30.9 Å². The summed E-state index contributed by atoms with van der Waals surface area (Å²) < 4.78 is 6.24. The van der Waals surface area contributed by atoms with Crippen molar-refractivity contribution in [1.82, 2.24) is 15.0 Å². The Hall–Kier alpha value is -2.21. The molecular formula is C14H11BrN4O. The molecule has 6 heteroatoms. The average molecular weight is 331 g/mol. The van der Waals surface area contributed by atoms with Gasteiger partial charge in [-0.05, 0) is 28.1 Å². The monoisotopic (exact) mass is 330 g/mol. The third kappa shape index (κ3) is 2.55. The summed E-state index contributed by atoms with van der Waals surface area (Å²) in [6.07, 6.45) is 3.29. The van der Waals surface area contributed by atoms with E-state index in [1.807, 2.05) is 30.3 Å². The van der Waals surface area contributed by atoms with Crippen LogP contribution in [0.2, 0.25) is 0 Å². The van der Waals surface area contributed by atoms with Gasteiger partial charge in [-0.3, -0.25) is 4.98 Å². The second-order valence-electron chi connectivity index (χ2n) is 4.16. The number of hydrogen-bond acceptors (Lipinski definition) is 5. The summed E-state index contributed by atoms with van der Waals surface area (Å²) in [4.78, 5) is 12.5. The maximum Gasteiger partial charge on any atom is 0.258 e. The largest absolute Gasteiger partial charge is 0.470 e. The number of rotatable bonds is 3. The number of pyridine rings is 1. The SMILES string of the molecule is Nc1ncc(Br)nc1OCc1ccnc2ccccc12.